The zero-order valence-electron chi connectivity index (χ0n) is 14.9. The van der Waals surface area contributed by atoms with E-state index in [1.807, 2.05) is 41.9 Å². The number of nitrogens with zero attached hydrogens (tertiary/aromatic N) is 2. The van der Waals surface area contributed by atoms with Crippen LogP contribution in [0.25, 0.3) is 0 Å². The maximum atomic E-state index is 12.5. The SMILES string of the molecule is CCC(CC)n1nc(C(=O)N[C@H](Cc2ccccc2)C(=O)O)cc1C. The second-order valence-electron chi connectivity index (χ2n) is 6.14. The molecule has 6 heteroatoms. The van der Waals surface area contributed by atoms with Crippen molar-refractivity contribution in [3.05, 3.63) is 53.3 Å². The molecule has 0 saturated heterocycles. The molecule has 1 atom stereocenters. The highest BCUT2D eigenvalue weighted by molar-refractivity contribution is 5.95. The van der Waals surface area contributed by atoms with Crippen molar-refractivity contribution < 1.29 is 14.7 Å². The highest BCUT2D eigenvalue weighted by Crippen LogP contribution is 2.18. The number of carboxylic acids is 1. The molecule has 0 saturated carbocycles. The Morgan fingerprint density at radius 2 is 1.84 bits per heavy atom. The van der Waals surface area contributed by atoms with Crippen LogP contribution in [-0.2, 0) is 11.2 Å². The van der Waals surface area contributed by atoms with Crippen molar-refractivity contribution >= 4 is 11.9 Å². The molecule has 0 fully saturated rings. The van der Waals surface area contributed by atoms with Gasteiger partial charge < -0.3 is 10.4 Å². The molecule has 0 bridgehead atoms. The standard InChI is InChI=1S/C19H25N3O3/c1-4-15(5-2)22-13(3)11-16(21-22)18(23)20-17(19(24)25)12-14-9-7-6-8-10-14/h6-11,15,17H,4-5,12H2,1-3H3,(H,20,23)(H,24,25)/t17-/m1/s1. The molecule has 1 aromatic carbocycles. The monoisotopic (exact) mass is 343 g/mol. The Hall–Kier alpha value is -2.63. The maximum Gasteiger partial charge on any atom is 0.326 e. The van der Waals surface area contributed by atoms with E-state index in [1.54, 1.807) is 6.07 Å². The molecule has 0 aliphatic carbocycles. The molecular weight excluding hydrogens is 318 g/mol. The Morgan fingerprint density at radius 3 is 2.40 bits per heavy atom. The molecule has 0 unspecified atom stereocenters. The number of aryl methyl sites for hydroxylation is 1. The van der Waals surface area contributed by atoms with Crippen LogP contribution in [-0.4, -0.2) is 32.8 Å². The molecule has 25 heavy (non-hydrogen) atoms. The maximum absolute atomic E-state index is 12.5. The topological polar surface area (TPSA) is 84.2 Å². The summed E-state index contributed by atoms with van der Waals surface area (Å²) in [6, 6.07) is 10.2. The Morgan fingerprint density at radius 1 is 1.20 bits per heavy atom. The van der Waals surface area contributed by atoms with Crippen LogP contribution in [0, 0.1) is 6.92 Å². The smallest absolute Gasteiger partial charge is 0.326 e. The Labute approximate surface area is 147 Å². The highest BCUT2D eigenvalue weighted by Gasteiger charge is 2.23. The molecule has 0 spiro atoms. The summed E-state index contributed by atoms with van der Waals surface area (Å²) in [7, 11) is 0. The van der Waals surface area contributed by atoms with Gasteiger partial charge in [0.05, 0.1) is 6.04 Å². The number of rotatable bonds is 8. The summed E-state index contributed by atoms with van der Waals surface area (Å²) in [6.45, 7) is 6.06. The highest BCUT2D eigenvalue weighted by atomic mass is 16.4. The number of aliphatic carboxylic acids is 1. The Kier molecular flexibility index (Phi) is 6.33. The second-order valence-corrected chi connectivity index (χ2v) is 6.14. The van der Waals surface area contributed by atoms with Crippen molar-refractivity contribution in [3.8, 4) is 0 Å². The zero-order valence-corrected chi connectivity index (χ0v) is 14.9. The Balaban J connectivity index is 2.13. The largest absolute Gasteiger partial charge is 0.480 e. The van der Waals surface area contributed by atoms with E-state index in [0.29, 0.717) is 0 Å². The van der Waals surface area contributed by atoms with Gasteiger partial charge in [0.2, 0.25) is 0 Å². The summed E-state index contributed by atoms with van der Waals surface area (Å²) in [6.07, 6.45) is 2.08. The fourth-order valence-corrected chi connectivity index (χ4v) is 2.89. The van der Waals surface area contributed by atoms with Crippen molar-refractivity contribution in [2.45, 2.75) is 52.1 Å². The molecule has 2 rings (SSSR count). The number of aromatic nitrogens is 2. The van der Waals surface area contributed by atoms with Crippen LogP contribution < -0.4 is 5.32 Å². The minimum absolute atomic E-state index is 0.230. The van der Waals surface area contributed by atoms with Gasteiger partial charge in [-0.25, -0.2) is 4.79 Å². The van der Waals surface area contributed by atoms with Crippen molar-refractivity contribution in [1.82, 2.24) is 15.1 Å². The quantitative estimate of drug-likeness (QED) is 0.772. The number of carbonyl (C=O) groups excluding carboxylic acids is 1. The molecule has 1 aromatic heterocycles. The summed E-state index contributed by atoms with van der Waals surface area (Å²) >= 11 is 0. The fourth-order valence-electron chi connectivity index (χ4n) is 2.89. The number of amides is 1. The summed E-state index contributed by atoms with van der Waals surface area (Å²) in [5.74, 6) is -1.52. The molecule has 1 amide bonds. The molecule has 0 radical (unpaired) electrons. The van der Waals surface area contributed by atoms with Crippen molar-refractivity contribution in [1.29, 1.82) is 0 Å². The molecule has 0 aliphatic rings. The van der Waals surface area contributed by atoms with Crippen LogP contribution >= 0.6 is 0 Å². The van der Waals surface area contributed by atoms with E-state index >= 15 is 0 Å². The van der Waals surface area contributed by atoms with Crippen LogP contribution in [0.1, 0.15) is 54.5 Å². The lowest BCUT2D eigenvalue weighted by molar-refractivity contribution is -0.139. The van der Waals surface area contributed by atoms with Crippen LogP contribution in [0.3, 0.4) is 0 Å². The van der Waals surface area contributed by atoms with E-state index in [2.05, 4.69) is 24.3 Å². The molecule has 2 N–H and O–H groups in total. The molecule has 6 nitrogen and oxygen atoms in total. The first kappa shape index (κ1) is 18.7. The van der Waals surface area contributed by atoms with Gasteiger partial charge in [0.25, 0.3) is 5.91 Å². The average molecular weight is 343 g/mol. The van der Waals surface area contributed by atoms with Crippen LogP contribution in [0.5, 0.6) is 0 Å². The van der Waals surface area contributed by atoms with Gasteiger partial charge in [-0.1, -0.05) is 44.2 Å². The number of carboxylic acid groups (broad SMARTS) is 1. The van der Waals surface area contributed by atoms with Gasteiger partial charge in [-0.2, -0.15) is 5.10 Å². The van der Waals surface area contributed by atoms with Gasteiger partial charge in [-0.3, -0.25) is 9.48 Å². The first-order chi connectivity index (χ1) is 12.0. The third kappa shape index (κ3) is 4.68. The molecule has 1 heterocycles. The number of benzene rings is 1. The lowest BCUT2D eigenvalue weighted by Crippen LogP contribution is -2.42. The van der Waals surface area contributed by atoms with E-state index in [4.69, 9.17) is 0 Å². The second kappa shape index (κ2) is 8.46. The van der Waals surface area contributed by atoms with E-state index in [-0.39, 0.29) is 18.2 Å². The molecular formula is C19H25N3O3. The van der Waals surface area contributed by atoms with E-state index in [1.165, 1.54) is 0 Å². The lowest BCUT2D eigenvalue weighted by atomic mass is 10.1. The number of hydrogen-bond donors (Lipinski definition) is 2. The molecule has 134 valence electrons. The van der Waals surface area contributed by atoms with Crippen LogP contribution in [0.2, 0.25) is 0 Å². The van der Waals surface area contributed by atoms with E-state index in [0.717, 1.165) is 24.1 Å². The third-order valence-corrected chi connectivity index (χ3v) is 4.33. The van der Waals surface area contributed by atoms with Crippen molar-refractivity contribution in [2.75, 3.05) is 0 Å². The minimum Gasteiger partial charge on any atom is -0.480 e. The molecule has 0 aliphatic heterocycles. The first-order valence-corrected chi connectivity index (χ1v) is 8.60. The number of nitrogens with one attached hydrogen (secondary N) is 1. The van der Waals surface area contributed by atoms with Crippen molar-refractivity contribution in [2.24, 2.45) is 0 Å². The number of carbonyl (C=O) groups is 2. The van der Waals surface area contributed by atoms with E-state index < -0.39 is 17.9 Å². The summed E-state index contributed by atoms with van der Waals surface area (Å²) < 4.78 is 1.85. The van der Waals surface area contributed by atoms with Gasteiger partial charge in [-0.05, 0) is 31.4 Å². The zero-order chi connectivity index (χ0) is 18.4. The average Bonchev–Trinajstić information content (AvgIpc) is 2.98. The summed E-state index contributed by atoms with van der Waals surface area (Å²) in [4.78, 5) is 24.0. The predicted molar refractivity (Wildman–Crippen MR) is 95.6 cm³/mol. The van der Waals surface area contributed by atoms with Gasteiger partial charge in [0, 0.05) is 12.1 Å². The van der Waals surface area contributed by atoms with Crippen LogP contribution in [0.15, 0.2) is 36.4 Å². The lowest BCUT2D eigenvalue weighted by Gasteiger charge is -2.15. The van der Waals surface area contributed by atoms with E-state index in [9.17, 15) is 14.7 Å². The fraction of sp³-hybridized carbons (Fsp3) is 0.421. The predicted octanol–water partition coefficient (Wildman–Crippen LogP) is 2.98. The minimum atomic E-state index is -1.06. The third-order valence-electron chi connectivity index (χ3n) is 4.33. The van der Waals surface area contributed by atoms with Gasteiger partial charge in [0.15, 0.2) is 0 Å². The van der Waals surface area contributed by atoms with Gasteiger partial charge in [-0.15, -0.1) is 0 Å². The normalized spacial score (nSPS) is 12.2. The van der Waals surface area contributed by atoms with Crippen LogP contribution in [0.4, 0.5) is 0 Å². The summed E-state index contributed by atoms with van der Waals surface area (Å²) in [5, 5.41) is 16.4. The van der Waals surface area contributed by atoms with Gasteiger partial charge in [0.1, 0.15) is 11.7 Å². The first-order valence-electron chi connectivity index (χ1n) is 8.60. The number of hydrogen-bond acceptors (Lipinski definition) is 3. The van der Waals surface area contributed by atoms with Gasteiger partial charge >= 0.3 is 5.97 Å². The summed E-state index contributed by atoms with van der Waals surface area (Å²) in [5.41, 5.74) is 2.01. The Bertz CT molecular complexity index is 721. The molecule has 2 aromatic rings. The van der Waals surface area contributed by atoms with Crippen molar-refractivity contribution in [3.63, 3.8) is 0 Å².